The van der Waals surface area contributed by atoms with Crippen LogP contribution in [0.25, 0.3) is 11.0 Å². The van der Waals surface area contributed by atoms with E-state index in [0.717, 1.165) is 23.3 Å². The minimum Gasteiger partial charge on any atom is -0.396 e. The van der Waals surface area contributed by atoms with Crippen LogP contribution in [0, 0.1) is 5.92 Å². The van der Waals surface area contributed by atoms with E-state index in [1.807, 2.05) is 17.9 Å². The first-order valence-electron chi connectivity index (χ1n) is 5.41. The van der Waals surface area contributed by atoms with E-state index >= 15 is 0 Å². The summed E-state index contributed by atoms with van der Waals surface area (Å²) >= 11 is 0. The average molecular weight is 219 g/mol. The van der Waals surface area contributed by atoms with Crippen LogP contribution >= 0.6 is 0 Å². The molecule has 0 bridgehead atoms. The van der Waals surface area contributed by atoms with Crippen molar-refractivity contribution in [2.24, 2.45) is 5.92 Å². The Morgan fingerprint density at radius 3 is 2.81 bits per heavy atom. The van der Waals surface area contributed by atoms with Crippen LogP contribution in [-0.4, -0.2) is 21.8 Å². The molecule has 2 aromatic rings. The Morgan fingerprint density at radius 1 is 1.44 bits per heavy atom. The van der Waals surface area contributed by atoms with Gasteiger partial charge in [-0.15, -0.1) is 0 Å². The minimum absolute atomic E-state index is 0.542. The maximum absolute atomic E-state index is 5.85. The number of nitrogens with zero attached hydrogens (tertiary/aromatic N) is 3. The second kappa shape index (κ2) is 4.00. The van der Waals surface area contributed by atoms with Crippen molar-refractivity contribution in [2.45, 2.75) is 20.4 Å². The number of nitrogens with one attached hydrogen (secondary N) is 1. The second-order valence-electron chi connectivity index (χ2n) is 4.30. The number of hydrogen-bond donors (Lipinski definition) is 2. The van der Waals surface area contributed by atoms with E-state index in [4.69, 9.17) is 5.73 Å². The fraction of sp³-hybridized carbons (Fsp3) is 0.455. The van der Waals surface area contributed by atoms with E-state index in [0.29, 0.717) is 11.6 Å². The van der Waals surface area contributed by atoms with Crippen molar-refractivity contribution < 1.29 is 0 Å². The number of anilines is 2. The molecule has 0 aliphatic rings. The molecule has 0 radical (unpaired) electrons. The monoisotopic (exact) mass is 219 g/mol. The molecular formula is C11H17N5. The van der Waals surface area contributed by atoms with Crippen molar-refractivity contribution in [1.82, 2.24) is 14.8 Å². The van der Waals surface area contributed by atoms with Gasteiger partial charge in [0.25, 0.3) is 0 Å². The molecule has 0 spiro atoms. The summed E-state index contributed by atoms with van der Waals surface area (Å²) in [5, 5.41) is 8.41. The van der Waals surface area contributed by atoms with Gasteiger partial charge in [0.1, 0.15) is 0 Å². The predicted octanol–water partition coefficient (Wildman–Crippen LogP) is 1.71. The third-order valence-corrected chi connectivity index (χ3v) is 2.48. The molecule has 0 saturated carbocycles. The summed E-state index contributed by atoms with van der Waals surface area (Å²) in [6, 6.07) is 0. The summed E-state index contributed by atoms with van der Waals surface area (Å²) in [7, 11) is 1.85. The van der Waals surface area contributed by atoms with Gasteiger partial charge in [-0.1, -0.05) is 13.8 Å². The molecule has 2 aromatic heterocycles. The van der Waals surface area contributed by atoms with E-state index < -0.39 is 0 Å². The molecule has 0 aromatic carbocycles. The number of fused-ring (bicyclic) bond motifs is 1. The van der Waals surface area contributed by atoms with E-state index in [2.05, 4.69) is 29.2 Å². The number of rotatable bonds is 3. The number of nitrogens with two attached hydrogens (primary N) is 1. The summed E-state index contributed by atoms with van der Waals surface area (Å²) in [4.78, 5) is 4.34. The van der Waals surface area contributed by atoms with Gasteiger partial charge in [-0.3, -0.25) is 0 Å². The lowest BCUT2D eigenvalue weighted by atomic mass is 10.2. The zero-order valence-corrected chi connectivity index (χ0v) is 9.86. The van der Waals surface area contributed by atoms with E-state index in [9.17, 15) is 0 Å². The fourth-order valence-corrected chi connectivity index (χ4v) is 1.80. The Morgan fingerprint density at radius 2 is 2.19 bits per heavy atom. The summed E-state index contributed by atoms with van der Waals surface area (Å²) in [6.07, 6.45) is 3.49. The Labute approximate surface area is 94.7 Å². The lowest BCUT2D eigenvalue weighted by Crippen LogP contribution is -2.07. The quantitative estimate of drug-likeness (QED) is 0.824. The van der Waals surface area contributed by atoms with Crippen LogP contribution < -0.4 is 11.1 Å². The number of aromatic nitrogens is 3. The van der Waals surface area contributed by atoms with E-state index in [1.165, 1.54) is 0 Å². The number of hydrogen-bond acceptors (Lipinski definition) is 4. The molecule has 5 nitrogen and oxygen atoms in total. The summed E-state index contributed by atoms with van der Waals surface area (Å²) in [6.45, 7) is 5.18. The molecule has 2 rings (SSSR count). The van der Waals surface area contributed by atoms with Gasteiger partial charge in [0, 0.05) is 13.6 Å². The summed E-state index contributed by atoms with van der Waals surface area (Å²) < 4.78 is 1.92. The van der Waals surface area contributed by atoms with Crippen molar-refractivity contribution >= 4 is 22.4 Å². The smallest absolute Gasteiger partial charge is 0.159 e. The fourth-order valence-electron chi connectivity index (χ4n) is 1.80. The van der Waals surface area contributed by atoms with Gasteiger partial charge in [0.15, 0.2) is 5.65 Å². The van der Waals surface area contributed by atoms with Crippen molar-refractivity contribution in [2.75, 3.05) is 18.1 Å². The average Bonchev–Trinajstić information content (AvgIpc) is 2.60. The highest BCUT2D eigenvalue weighted by molar-refractivity contribution is 5.94. The molecule has 0 aliphatic carbocycles. The van der Waals surface area contributed by atoms with Crippen molar-refractivity contribution in [1.29, 1.82) is 0 Å². The highest BCUT2D eigenvalue weighted by Gasteiger charge is 2.11. The van der Waals surface area contributed by atoms with Crippen molar-refractivity contribution in [3.05, 3.63) is 12.4 Å². The van der Waals surface area contributed by atoms with Crippen molar-refractivity contribution in [3.63, 3.8) is 0 Å². The van der Waals surface area contributed by atoms with Crippen LogP contribution in [0.1, 0.15) is 13.8 Å². The molecule has 0 atom stereocenters. The molecule has 0 aliphatic heterocycles. The lowest BCUT2D eigenvalue weighted by Gasteiger charge is -2.08. The highest BCUT2D eigenvalue weighted by atomic mass is 15.3. The number of pyridine rings is 1. The molecule has 3 N–H and O–H groups in total. The maximum Gasteiger partial charge on any atom is 0.159 e. The molecule has 5 heteroatoms. The molecule has 0 fully saturated rings. The maximum atomic E-state index is 5.85. The van der Waals surface area contributed by atoms with Crippen LogP contribution in [0.15, 0.2) is 12.4 Å². The molecule has 0 saturated heterocycles. The lowest BCUT2D eigenvalue weighted by molar-refractivity contribution is 0.492. The van der Waals surface area contributed by atoms with Gasteiger partial charge in [-0.05, 0) is 5.92 Å². The molecular weight excluding hydrogens is 202 g/mol. The van der Waals surface area contributed by atoms with Gasteiger partial charge in [-0.25, -0.2) is 9.67 Å². The summed E-state index contributed by atoms with van der Waals surface area (Å²) in [5.74, 6) is 0.542. The Balaban J connectivity index is 2.57. The Bertz CT molecular complexity index is 500. The van der Waals surface area contributed by atoms with E-state index in [-0.39, 0.29) is 0 Å². The van der Waals surface area contributed by atoms with Crippen LogP contribution in [0.3, 0.4) is 0 Å². The SMILES string of the molecule is CNc1c(N)cnc2c1cnn2CC(C)C. The van der Waals surface area contributed by atoms with Crippen LogP contribution in [-0.2, 0) is 6.54 Å². The highest BCUT2D eigenvalue weighted by Crippen LogP contribution is 2.27. The van der Waals surface area contributed by atoms with Gasteiger partial charge >= 0.3 is 0 Å². The zero-order chi connectivity index (χ0) is 11.7. The largest absolute Gasteiger partial charge is 0.396 e. The van der Waals surface area contributed by atoms with E-state index in [1.54, 1.807) is 6.20 Å². The van der Waals surface area contributed by atoms with Gasteiger partial charge in [0.2, 0.25) is 0 Å². The third kappa shape index (κ3) is 1.68. The second-order valence-corrected chi connectivity index (χ2v) is 4.30. The molecule has 0 unspecified atom stereocenters. The normalized spacial score (nSPS) is 11.2. The van der Waals surface area contributed by atoms with Crippen LogP contribution in [0.5, 0.6) is 0 Å². The van der Waals surface area contributed by atoms with Crippen molar-refractivity contribution in [3.8, 4) is 0 Å². The number of nitrogen functional groups attached to an aromatic ring is 1. The minimum atomic E-state index is 0.542. The summed E-state index contributed by atoms with van der Waals surface area (Å²) in [5.41, 5.74) is 8.28. The molecule has 16 heavy (non-hydrogen) atoms. The van der Waals surface area contributed by atoms with Crippen LogP contribution in [0.2, 0.25) is 0 Å². The van der Waals surface area contributed by atoms with Crippen LogP contribution in [0.4, 0.5) is 11.4 Å². The topological polar surface area (TPSA) is 68.8 Å². The zero-order valence-electron chi connectivity index (χ0n) is 9.86. The first-order chi connectivity index (χ1) is 7.63. The first-order valence-corrected chi connectivity index (χ1v) is 5.41. The molecule has 86 valence electrons. The standard InChI is InChI=1S/C11H17N5/c1-7(2)6-16-11-8(4-15-16)10(13-3)9(12)5-14-11/h4-5,7H,6,12H2,1-3H3,(H,13,14). The third-order valence-electron chi connectivity index (χ3n) is 2.48. The molecule has 2 heterocycles. The predicted molar refractivity (Wildman–Crippen MR) is 66.3 cm³/mol. The van der Waals surface area contributed by atoms with Gasteiger partial charge in [0.05, 0.1) is 29.2 Å². The first kappa shape index (κ1) is 10.7. The van der Waals surface area contributed by atoms with Gasteiger partial charge in [-0.2, -0.15) is 5.10 Å². The Hall–Kier alpha value is -1.78. The van der Waals surface area contributed by atoms with Gasteiger partial charge < -0.3 is 11.1 Å². The molecule has 0 amide bonds. The Kier molecular flexibility index (Phi) is 2.68.